The predicted molar refractivity (Wildman–Crippen MR) is 148 cm³/mol. The van der Waals surface area contributed by atoms with Crippen LogP contribution in [0, 0.1) is 17.5 Å². The van der Waals surface area contributed by atoms with Gasteiger partial charge in [0.1, 0.15) is 21.7 Å². The highest BCUT2D eigenvalue weighted by molar-refractivity contribution is 6.50. The zero-order valence-corrected chi connectivity index (χ0v) is 24.0. The Labute approximate surface area is 250 Å². The number of amides is 3. The van der Waals surface area contributed by atoms with Crippen LogP contribution in [0.15, 0.2) is 48.5 Å². The Morgan fingerprint density at radius 2 is 1.52 bits per heavy atom. The lowest BCUT2D eigenvalue weighted by molar-refractivity contribution is -0.140. The van der Waals surface area contributed by atoms with Gasteiger partial charge in [0.05, 0.1) is 27.8 Å². The summed E-state index contributed by atoms with van der Waals surface area (Å²) in [6, 6.07) is 7.22. The molecule has 0 spiro atoms. The van der Waals surface area contributed by atoms with Gasteiger partial charge in [0, 0.05) is 19.7 Å². The highest BCUT2D eigenvalue weighted by Gasteiger charge is 2.40. The minimum Gasteiger partial charge on any atom is -0.325 e. The molecule has 2 N–H and O–H groups in total. The molecule has 0 aliphatic heterocycles. The Bertz CT molecular complexity index is 1560. The summed E-state index contributed by atoms with van der Waals surface area (Å²) < 4.78 is 80.8. The minimum absolute atomic E-state index is 0.0830. The van der Waals surface area contributed by atoms with Crippen LogP contribution < -0.4 is 15.5 Å². The molecule has 0 aliphatic rings. The number of hydrogen-bond acceptors (Lipinski definition) is 3. The lowest BCUT2D eigenvalue weighted by atomic mass is 9.92. The first-order chi connectivity index (χ1) is 19.3. The Morgan fingerprint density at radius 3 is 2.10 bits per heavy atom. The monoisotopic (exact) mass is 653 g/mol. The van der Waals surface area contributed by atoms with Crippen molar-refractivity contribution in [2.45, 2.75) is 30.3 Å². The average molecular weight is 655 g/mol. The lowest BCUT2D eigenvalue weighted by Crippen LogP contribution is -2.33. The summed E-state index contributed by atoms with van der Waals surface area (Å²) in [5.74, 6) is -8.24. The number of alkyl halides is 5. The van der Waals surface area contributed by atoms with Gasteiger partial charge in [-0.15, -0.1) is 23.2 Å². The van der Waals surface area contributed by atoms with Crippen LogP contribution in [-0.4, -0.2) is 29.1 Å². The van der Waals surface area contributed by atoms with E-state index in [1.165, 1.54) is 12.1 Å². The molecule has 42 heavy (non-hydrogen) atoms. The summed E-state index contributed by atoms with van der Waals surface area (Å²) in [5.41, 5.74) is -3.53. The zero-order valence-electron chi connectivity index (χ0n) is 21.8. The first-order valence-electron chi connectivity index (χ1n) is 11.7. The molecule has 0 saturated carbocycles. The summed E-state index contributed by atoms with van der Waals surface area (Å²) in [7, 11) is 1.15. The number of nitrogens with zero attached hydrogens (tertiary/aromatic N) is 1. The van der Waals surface area contributed by atoms with Gasteiger partial charge in [-0.05, 0) is 55.0 Å². The molecule has 3 amide bonds. The van der Waals surface area contributed by atoms with Gasteiger partial charge >= 0.3 is 6.18 Å². The summed E-state index contributed by atoms with van der Waals surface area (Å²) in [5, 5.41) is 4.25. The van der Waals surface area contributed by atoms with Gasteiger partial charge in [0.2, 0.25) is 11.8 Å². The van der Waals surface area contributed by atoms with E-state index in [1.54, 1.807) is 0 Å². The van der Waals surface area contributed by atoms with Crippen molar-refractivity contribution < 1.29 is 40.7 Å². The molecular formula is C27H20Cl3F6N3O3. The normalized spacial score (nSPS) is 12.5. The van der Waals surface area contributed by atoms with Crippen LogP contribution in [0.2, 0.25) is 5.02 Å². The van der Waals surface area contributed by atoms with E-state index in [0.29, 0.717) is 12.1 Å². The number of halogens is 9. The first kappa shape index (κ1) is 33.0. The van der Waals surface area contributed by atoms with Gasteiger partial charge in [-0.3, -0.25) is 14.4 Å². The fourth-order valence-corrected chi connectivity index (χ4v) is 4.63. The van der Waals surface area contributed by atoms with E-state index < -0.39 is 68.5 Å². The second kappa shape index (κ2) is 12.4. The molecule has 0 heterocycles. The predicted octanol–water partition coefficient (Wildman–Crippen LogP) is 7.93. The number of benzene rings is 3. The standard InChI is InChI=1S/C27H20Cl3F6N3O3/c1-12(40)37-23-19(32)8-9-20(22(23)33)39(3)25(42)15-11-14(5-6-17(15)28)38-24(41)21(26(2,29)30)13-4-7-18(31)16(10-13)27(34,35)36/h4-11,21H,1-3H3,(H,37,40)(H,38,41). The van der Waals surface area contributed by atoms with Crippen molar-refractivity contribution in [3.8, 4) is 0 Å². The molecule has 3 aromatic carbocycles. The van der Waals surface area contributed by atoms with E-state index in [0.717, 1.165) is 50.1 Å². The maximum Gasteiger partial charge on any atom is 0.419 e. The van der Waals surface area contributed by atoms with Crippen LogP contribution in [0.3, 0.4) is 0 Å². The SMILES string of the molecule is CC(=O)Nc1c(F)ccc(N(C)C(=O)c2cc(NC(=O)C(c3ccc(F)c(C(F)(F)F)c3)C(C)(Cl)Cl)ccc2Cl)c1F. The molecule has 0 bridgehead atoms. The molecule has 3 aromatic rings. The van der Waals surface area contributed by atoms with Crippen molar-refractivity contribution in [2.24, 2.45) is 0 Å². The molecule has 6 nitrogen and oxygen atoms in total. The molecule has 15 heteroatoms. The number of carbonyl (C=O) groups is 3. The highest BCUT2D eigenvalue weighted by Crippen LogP contribution is 2.41. The van der Waals surface area contributed by atoms with Crippen molar-refractivity contribution >= 4 is 69.6 Å². The van der Waals surface area contributed by atoms with E-state index in [9.17, 15) is 36.3 Å². The molecule has 0 aliphatic carbocycles. The third-order valence-corrected chi connectivity index (χ3v) is 6.67. The fraction of sp³-hybridized carbons (Fsp3) is 0.222. The molecule has 0 radical (unpaired) electrons. The number of hydrogen-bond donors (Lipinski definition) is 2. The van der Waals surface area contributed by atoms with Crippen LogP contribution in [-0.2, 0) is 15.8 Å². The van der Waals surface area contributed by atoms with E-state index in [4.69, 9.17) is 34.8 Å². The van der Waals surface area contributed by atoms with E-state index >= 15 is 4.39 Å². The molecule has 1 atom stereocenters. The van der Waals surface area contributed by atoms with Crippen molar-refractivity contribution in [1.29, 1.82) is 0 Å². The molecular weight excluding hydrogens is 635 g/mol. The Balaban J connectivity index is 1.96. The number of anilines is 3. The molecule has 0 saturated heterocycles. The summed E-state index contributed by atoms with van der Waals surface area (Å²) in [4.78, 5) is 38.6. The van der Waals surface area contributed by atoms with E-state index in [-0.39, 0.29) is 21.8 Å². The summed E-state index contributed by atoms with van der Waals surface area (Å²) in [6.07, 6.45) is -5.07. The van der Waals surface area contributed by atoms with Gasteiger partial charge < -0.3 is 15.5 Å². The molecule has 224 valence electrons. The molecule has 0 fully saturated rings. The van der Waals surface area contributed by atoms with Gasteiger partial charge in [-0.1, -0.05) is 17.7 Å². The van der Waals surface area contributed by atoms with Crippen molar-refractivity contribution in [3.05, 3.63) is 87.7 Å². The average Bonchev–Trinajstić information content (AvgIpc) is 2.86. The van der Waals surface area contributed by atoms with Crippen molar-refractivity contribution in [1.82, 2.24) is 0 Å². The van der Waals surface area contributed by atoms with E-state index in [1.807, 2.05) is 5.32 Å². The van der Waals surface area contributed by atoms with Gasteiger partial charge in [0.15, 0.2) is 5.82 Å². The zero-order chi connectivity index (χ0) is 31.7. The maximum absolute atomic E-state index is 15.0. The number of nitrogens with one attached hydrogen (secondary N) is 2. The Hall–Kier alpha value is -3.48. The third-order valence-electron chi connectivity index (χ3n) is 5.90. The quantitative estimate of drug-likeness (QED) is 0.201. The van der Waals surface area contributed by atoms with Gasteiger partial charge in [-0.25, -0.2) is 13.2 Å². The number of rotatable bonds is 7. The maximum atomic E-state index is 15.0. The van der Waals surface area contributed by atoms with Gasteiger partial charge in [-0.2, -0.15) is 13.2 Å². The fourth-order valence-electron chi connectivity index (χ4n) is 3.98. The highest BCUT2D eigenvalue weighted by atomic mass is 35.5. The molecule has 0 aromatic heterocycles. The van der Waals surface area contributed by atoms with Gasteiger partial charge in [0.25, 0.3) is 5.91 Å². The Morgan fingerprint density at radius 1 is 0.905 bits per heavy atom. The number of carbonyl (C=O) groups excluding carboxylic acids is 3. The van der Waals surface area contributed by atoms with Crippen LogP contribution >= 0.6 is 34.8 Å². The second-order valence-corrected chi connectivity index (χ2v) is 11.3. The second-order valence-electron chi connectivity index (χ2n) is 9.11. The smallest absolute Gasteiger partial charge is 0.325 e. The van der Waals surface area contributed by atoms with Crippen LogP contribution in [0.1, 0.15) is 41.3 Å². The summed E-state index contributed by atoms with van der Waals surface area (Å²) in [6.45, 7) is 2.18. The van der Waals surface area contributed by atoms with Crippen molar-refractivity contribution in [2.75, 3.05) is 22.6 Å². The third kappa shape index (κ3) is 7.29. The van der Waals surface area contributed by atoms with Crippen molar-refractivity contribution in [3.63, 3.8) is 0 Å². The molecule has 1 unspecified atom stereocenters. The molecule has 3 rings (SSSR count). The lowest BCUT2D eigenvalue weighted by Gasteiger charge is -2.27. The topological polar surface area (TPSA) is 78.5 Å². The van der Waals surface area contributed by atoms with Crippen LogP contribution in [0.25, 0.3) is 0 Å². The minimum atomic E-state index is -5.07. The van der Waals surface area contributed by atoms with Crippen LogP contribution in [0.5, 0.6) is 0 Å². The first-order valence-corrected chi connectivity index (χ1v) is 12.8. The Kier molecular flexibility index (Phi) is 9.75. The summed E-state index contributed by atoms with van der Waals surface area (Å²) >= 11 is 18.5. The van der Waals surface area contributed by atoms with Crippen LogP contribution in [0.4, 0.5) is 43.4 Å². The van der Waals surface area contributed by atoms with E-state index in [2.05, 4.69) is 5.32 Å². The largest absolute Gasteiger partial charge is 0.419 e.